The lowest BCUT2D eigenvalue weighted by molar-refractivity contribution is 0.0763. The third-order valence-corrected chi connectivity index (χ3v) is 6.36. The summed E-state index contributed by atoms with van der Waals surface area (Å²) in [4.78, 5) is 8.60. The molecule has 6 nitrogen and oxygen atoms in total. The minimum atomic E-state index is 0.451. The highest BCUT2D eigenvalue weighted by molar-refractivity contribution is 6.35. The van der Waals surface area contributed by atoms with Gasteiger partial charge in [0, 0.05) is 37.2 Å². The monoisotopic (exact) mass is 473 g/mol. The van der Waals surface area contributed by atoms with E-state index in [9.17, 15) is 0 Å². The molecule has 3 aromatic rings. The van der Waals surface area contributed by atoms with Gasteiger partial charge in [0.1, 0.15) is 23.9 Å². The van der Waals surface area contributed by atoms with E-state index in [0.29, 0.717) is 17.3 Å². The molecule has 3 rings (SSSR count). The van der Waals surface area contributed by atoms with Gasteiger partial charge in [-0.25, -0.2) is 9.97 Å². The average Bonchev–Trinajstić information content (AvgIpc) is 3.35. The van der Waals surface area contributed by atoms with Gasteiger partial charge < -0.3 is 9.30 Å². The van der Waals surface area contributed by atoms with Crippen LogP contribution >= 0.6 is 11.6 Å². The molecule has 3 heterocycles. The first-order chi connectivity index (χ1) is 15.8. The Bertz CT molecular complexity index is 988. The number of ether oxygens (including phenoxy) is 1. The second-order valence-electron chi connectivity index (χ2n) is 10.3. The number of hydrogen-bond donors (Lipinski definition) is 0. The Balaban J connectivity index is 1.33. The van der Waals surface area contributed by atoms with Crippen LogP contribution in [-0.2, 0) is 18.5 Å². The molecule has 0 bridgehead atoms. The second kappa shape index (κ2) is 12.5. The van der Waals surface area contributed by atoms with Crippen molar-refractivity contribution >= 4 is 22.6 Å². The maximum atomic E-state index is 6.40. The average molecular weight is 474 g/mol. The van der Waals surface area contributed by atoms with Crippen molar-refractivity contribution in [1.82, 2.24) is 24.3 Å². The molecule has 0 amide bonds. The van der Waals surface area contributed by atoms with Crippen LogP contribution < -0.4 is 0 Å². The van der Waals surface area contributed by atoms with E-state index in [1.54, 1.807) is 4.68 Å². The van der Waals surface area contributed by atoms with E-state index < -0.39 is 0 Å². The fraction of sp³-hybridized carbons (Fsp3) is 0.654. The first-order valence-electron chi connectivity index (χ1n) is 12.4. The standard InChI is InChI=1S/C26H40ClN5O/c1-26(2,3)14-12-10-8-6-5-7-9-11-13-15-33-20-32-18-22(21-16-30-31(4)17-21)23-24(27)28-19-29-25(23)32/h16-19H,5-15,20H2,1-4H3. The smallest absolute Gasteiger partial charge is 0.147 e. The van der Waals surface area contributed by atoms with Crippen LogP contribution in [0.25, 0.3) is 22.2 Å². The zero-order valence-corrected chi connectivity index (χ0v) is 21.6. The van der Waals surface area contributed by atoms with Crippen LogP contribution in [0.2, 0.25) is 5.15 Å². The van der Waals surface area contributed by atoms with E-state index in [-0.39, 0.29) is 0 Å². The summed E-state index contributed by atoms with van der Waals surface area (Å²) in [5.74, 6) is 0. The third kappa shape index (κ3) is 8.11. The summed E-state index contributed by atoms with van der Waals surface area (Å²) in [7, 11) is 1.90. The molecule has 33 heavy (non-hydrogen) atoms. The highest BCUT2D eigenvalue weighted by atomic mass is 35.5. The molecule has 182 valence electrons. The zero-order chi connectivity index (χ0) is 23.7. The van der Waals surface area contributed by atoms with Gasteiger partial charge in [-0.1, -0.05) is 83.7 Å². The van der Waals surface area contributed by atoms with E-state index in [2.05, 4.69) is 35.8 Å². The molecule has 0 aliphatic rings. The summed E-state index contributed by atoms with van der Waals surface area (Å²) in [6.45, 7) is 8.22. The molecule has 0 aliphatic heterocycles. The minimum Gasteiger partial charge on any atom is -0.361 e. The van der Waals surface area contributed by atoms with Gasteiger partial charge in [-0.3, -0.25) is 4.68 Å². The molecule has 0 aliphatic carbocycles. The van der Waals surface area contributed by atoms with Gasteiger partial charge >= 0.3 is 0 Å². The SMILES string of the molecule is Cn1cc(-c2cn(COCCCCCCCCCCCC(C)(C)C)c3ncnc(Cl)c23)cn1. The van der Waals surface area contributed by atoms with Crippen LogP contribution in [0.15, 0.2) is 24.9 Å². The van der Waals surface area contributed by atoms with E-state index in [1.165, 1.54) is 64.1 Å². The molecule has 0 radical (unpaired) electrons. The van der Waals surface area contributed by atoms with Crippen molar-refractivity contribution in [2.24, 2.45) is 12.5 Å². The van der Waals surface area contributed by atoms with Gasteiger partial charge in [0.25, 0.3) is 0 Å². The summed E-state index contributed by atoms with van der Waals surface area (Å²) in [5.41, 5.74) is 3.24. The van der Waals surface area contributed by atoms with Gasteiger partial charge in [-0.15, -0.1) is 0 Å². The Hall–Kier alpha value is -1.92. The fourth-order valence-electron chi connectivity index (χ4n) is 4.22. The normalized spacial score (nSPS) is 12.2. The lowest BCUT2D eigenvalue weighted by Gasteiger charge is -2.17. The lowest BCUT2D eigenvalue weighted by Crippen LogP contribution is -2.03. The molecule has 0 saturated heterocycles. The first kappa shape index (κ1) is 25.7. The van der Waals surface area contributed by atoms with E-state index in [4.69, 9.17) is 16.3 Å². The van der Waals surface area contributed by atoms with Crippen molar-refractivity contribution in [2.75, 3.05) is 6.61 Å². The molecule has 0 N–H and O–H groups in total. The topological polar surface area (TPSA) is 57.8 Å². The minimum absolute atomic E-state index is 0.451. The van der Waals surface area contributed by atoms with Crippen LogP contribution in [0.5, 0.6) is 0 Å². The number of unbranched alkanes of at least 4 members (excludes halogenated alkanes) is 8. The number of aromatic nitrogens is 5. The Morgan fingerprint density at radius 1 is 0.909 bits per heavy atom. The molecule has 0 atom stereocenters. The summed E-state index contributed by atoms with van der Waals surface area (Å²) in [6.07, 6.45) is 20.5. The molecule has 0 spiro atoms. The number of rotatable bonds is 14. The molecular weight excluding hydrogens is 434 g/mol. The Labute approximate surface area is 203 Å². The van der Waals surface area contributed by atoms with Crippen LogP contribution in [0, 0.1) is 5.41 Å². The highest BCUT2D eigenvalue weighted by Gasteiger charge is 2.16. The molecular formula is C26H40ClN5O. The Morgan fingerprint density at radius 3 is 2.21 bits per heavy atom. The number of hydrogen-bond acceptors (Lipinski definition) is 4. The molecule has 7 heteroatoms. The van der Waals surface area contributed by atoms with Crippen LogP contribution in [0.3, 0.4) is 0 Å². The predicted molar refractivity (Wildman–Crippen MR) is 136 cm³/mol. The number of fused-ring (bicyclic) bond motifs is 1. The van der Waals surface area contributed by atoms with Crippen LogP contribution in [0.1, 0.15) is 85.0 Å². The van der Waals surface area contributed by atoms with Gasteiger partial charge in [0.05, 0.1) is 11.6 Å². The molecule has 0 unspecified atom stereocenters. The fourth-order valence-corrected chi connectivity index (χ4v) is 4.45. The maximum Gasteiger partial charge on any atom is 0.147 e. The van der Waals surface area contributed by atoms with Crippen molar-refractivity contribution < 1.29 is 4.74 Å². The summed E-state index contributed by atoms with van der Waals surface area (Å²) in [6, 6.07) is 0. The molecule has 0 fully saturated rings. The van der Waals surface area contributed by atoms with E-state index in [1.807, 2.05) is 30.2 Å². The maximum absolute atomic E-state index is 6.40. The van der Waals surface area contributed by atoms with Crippen molar-refractivity contribution in [2.45, 2.75) is 91.7 Å². The van der Waals surface area contributed by atoms with Crippen molar-refractivity contribution in [3.05, 3.63) is 30.1 Å². The van der Waals surface area contributed by atoms with Crippen LogP contribution in [0.4, 0.5) is 0 Å². The second-order valence-corrected chi connectivity index (χ2v) is 10.7. The summed E-state index contributed by atoms with van der Waals surface area (Å²) < 4.78 is 9.74. The molecule has 0 aromatic carbocycles. The Kier molecular flexibility index (Phi) is 9.75. The van der Waals surface area contributed by atoms with Crippen molar-refractivity contribution in [3.8, 4) is 11.1 Å². The highest BCUT2D eigenvalue weighted by Crippen LogP contribution is 2.33. The number of aryl methyl sites for hydroxylation is 1. The Morgan fingerprint density at radius 2 is 1.58 bits per heavy atom. The quantitative estimate of drug-likeness (QED) is 0.180. The van der Waals surface area contributed by atoms with Crippen LogP contribution in [-0.4, -0.2) is 30.9 Å². The predicted octanol–water partition coefficient (Wildman–Crippen LogP) is 7.41. The van der Waals surface area contributed by atoms with Gasteiger partial charge in [-0.2, -0.15) is 5.10 Å². The zero-order valence-electron chi connectivity index (χ0n) is 20.8. The van der Waals surface area contributed by atoms with Gasteiger partial charge in [0.2, 0.25) is 0 Å². The molecule has 3 aromatic heterocycles. The van der Waals surface area contributed by atoms with Crippen molar-refractivity contribution in [1.29, 1.82) is 0 Å². The summed E-state index contributed by atoms with van der Waals surface area (Å²) in [5, 5.41) is 5.57. The first-order valence-corrected chi connectivity index (χ1v) is 12.8. The number of halogens is 1. The number of nitrogens with zero attached hydrogens (tertiary/aromatic N) is 5. The lowest BCUT2D eigenvalue weighted by atomic mass is 9.89. The molecule has 0 saturated carbocycles. The van der Waals surface area contributed by atoms with E-state index in [0.717, 1.165) is 35.2 Å². The largest absolute Gasteiger partial charge is 0.361 e. The van der Waals surface area contributed by atoms with Gasteiger partial charge in [0.15, 0.2) is 0 Å². The van der Waals surface area contributed by atoms with Crippen molar-refractivity contribution in [3.63, 3.8) is 0 Å². The van der Waals surface area contributed by atoms with E-state index >= 15 is 0 Å². The summed E-state index contributed by atoms with van der Waals surface area (Å²) >= 11 is 6.40. The third-order valence-electron chi connectivity index (χ3n) is 6.07. The van der Waals surface area contributed by atoms with Gasteiger partial charge in [-0.05, 0) is 18.3 Å².